The van der Waals surface area contributed by atoms with Crippen molar-refractivity contribution in [2.45, 2.75) is 33.2 Å². The lowest BCUT2D eigenvalue weighted by molar-refractivity contribution is 0.270. The van der Waals surface area contributed by atoms with Gasteiger partial charge in [0.15, 0.2) is 0 Å². The molecule has 0 unspecified atom stereocenters. The van der Waals surface area contributed by atoms with E-state index in [-0.39, 0.29) is 0 Å². The normalized spacial score (nSPS) is 10.3. The molecular formula is C11H22N2. The van der Waals surface area contributed by atoms with Crippen LogP contribution in [-0.4, -0.2) is 37.6 Å². The second kappa shape index (κ2) is 8.10. The predicted molar refractivity (Wildman–Crippen MR) is 58.7 cm³/mol. The molecule has 0 bridgehead atoms. The molecule has 0 fully saturated rings. The van der Waals surface area contributed by atoms with Crippen LogP contribution in [0.25, 0.3) is 0 Å². The SMILES string of the molecule is CC#CCNCCCN(C)C(C)C. The first-order valence-electron chi connectivity index (χ1n) is 4.99. The molecule has 76 valence electrons. The summed E-state index contributed by atoms with van der Waals surface area (Å²) in [4.78, 5) is 2.35. The first-order chi connectivity index (χ1) is 6.18. The van der Waals surface area contributed by atoms with Crippen LogP contribution in [0.2, 0.25) is 0 Å². The zero-order valence-electron chi connectivity index (χ0n) is 9.35. The van der Waals surface area contributed by atoms with Crippen molar-refractivity contribution >= 4 is 0 Å². The van der Waals surface area contributed by atoms with E-state index >= 15 is 0 Å². The maximum atomic E-state index is 3.28. The molecule has 0 aliphatic heterocycles. The molecule has 0 saturated carbocycles. The van der Waals surface area contributed by atoms with E-state index in [1.807, 2.05) is 6.92 Å². The fourth-order valence-electron chi connectivity index (χ4n) is 0.951. The summed E-state index contributed by atoms with van der Waals surface area (Å²) in [5.41, 5.74) is 0. The molecule has 0 aromatic rings. The van der Waals surface area contributed by atoms with E-state index in [4.69, 9.17) is 0 Å². The van der Waals surface area contributed by atoms with E-state index in [1.165, 1.54) is 6.42 Å². The van der Waals surface area contributed by atoms with Gasteiger partial charge in [0.25, 0.3) is 0 Å². The highest BCUT2D eigenvalue weighted by Crippen LogP contribution is 1.93. The Labute approximate surface area is 82.7 Å². The third-order valence-corrected chi connectivity index (χ3v) is 2.14. The van der Waals surface area contributed by atoms with Gasteiger partial charge in [-0.1, -0.05) is 5.92 Å². The third kappa shape index (κ3) is 7.83. The first-order valence-corrected chi connectivity index (χ1v) is 4.99. The van der Waals surface area contributed by atoms with Crippen LogP contribution in [0, 0.1) is 11.8 Å². The highest BCUT2D eigenvalue weighted by Gasteiger charge is 2.00. The fraction of sp³-hybridized carbons (Fsp3) is 0.818. The zero-order chi connectivity index (χ0) is 10.1. The smallest absolute Gasteiger partial charge is 0.0576 e. The Bertz CT molecular complexity index is 165. The van der Waals surface area contributed by atoms with Gasteiger partial charge in [0.05, 0.1) is 6.54 Å². The molecule has 0 aliphatic rings. The van der Waals surface area contributed by atoms with Crippen molar-refractivity contribution in [3.05, 3.63) is 0 Å². The summed E-state index contributed by atoms with van der Waals surface area (Å²) in [6, 6.07) is 0.649. The second-order valence-corrected chi connectivity index (χ2v) is 3.53. The van der Waals surface area contributed by atoms with Gasteiger partial charge in [-0.3, -0.25) is 0 Å². The number of nitrogens with zero attached hydrogens (tertiary/aromatic N) is 1. The highest BCUT2D eigenvalue weighted by molar-refractivity contribution is 4.96. The van der Waals surface area contributed by atoms with E-state index in [2.05, 4.69) is 43.0 Å². The van der Waals surface area contributed by atoms with Crippen LogP contribution < -0.4 is 5.32 Å². The predicted octanol–water partition coefficient (Wildman–Crippen LogP) is 1.33. The molecule has 1 N–H and O–H groups in total. The molecule has 0 aromatic heterocycles. The van der Waals surface area contributed by atoms with Crippen molar-refractivity contribution in [3.8, 4) is 11.8 Å². The summed E-state index contributed by atoms with van der Waals surface area (Å²) in [5.74, 6) is 5.85. The maximum Gasteiger partial charge on any atom is 0.0576 e. The van der Waals surface area contributed by atoms with E-state index in [9.17, 15) is 0 Å². The summed E-state index contributed by atoms with van der Waals surface area (Å²) in [6.45, 7) is 9.35. The summed E-state index contributed by atoms with van der Waals surface area (Å²) in [7, 11) is 2.16. The molecular weight excluding hydrogens is 160 g/mol. The number of hydrogen-bond acceptors (Lipinski definition) is 2. The average Bonchev–Trinajstić information content (AvgIpc) is 2.10. The van der Waals surface area contributed by atoms with Gasteiger partial charge in [-0.05, 0) is 47.3 Å². The molecule has 0 aliphatic carbocycles. The Hall–Kier alpha value is -0.520. The molecule has 0 atom stereocenters. The number of rotatable bonds is 6. The standard InChI is InChI=1S/C11H22N2/c1-5-6-8-12-9-7-10-13(4)11(2)3/h11-12H,7-10H2,1-4H3. The Kier molecular flexibility index (Phi) is 7.77. The molecule has 2 nitrogen and oxygen atoms in total. The van der Waals surface area contributed by atoms with Crippen LogP contribution >= 0.6 is 0 Å². The molecule has 0 heterocycles. The van der Waals surface area contributed by atoms with Crippen LogP contribution in [0.15, 0.2) is 0 Å². The summed E-state index contributed by atoms with van der Waals surface area (Å²) < 4.78 is 0. The van der Waals surface area contributed by atoms with Gasteiger partial charge < -0.3 is 10.2 Å². The zero-order valence-corrected chi connectivity index (χ0v) is 9.35. The van der Waals surface area contributed by atoms with Gasteiger partial charge in [0, 0.05) is 6.04 Å². The third-order valence-electron chi connectivity index (χ3n) is 2.14. The Morgan fingerprint density at radius 1 is 1.38 bits per heavy atom. The largest absolute Gasteiger partial charge is 0.306 e. The van der Waals surface area contributed by atoms with Crippen molar-refractivity contribution in [2.75, 3.05) is 26.7 Å². The van der Waals surface area contributed by atoms with Crippen LogP contribution in [0.5, 0.6) is 0 Å². The van der Waals surface area contributed by atoms with E-state index < -0.39 is 0 Å². The van der Waals surface area contributed by atoms with Crippen molar-refractivity contribution in [1.29, 1.82) is 0 Å². The lowest BCUT2D eigenvalue weighted by Gasteiger charge is -2.20. The van der Waals surface area contributed by atoms with Gasteiger partial charge >= 0.3 is 0 Å². The Morgan fingerprint density at radius 2 is 2.08 bits per heavy atom. The lowest BCUT2D eigenvalue weighted by Crippen LogP contribution is -2.29. The van der Waals surface area contributed by atoms with Crippen LogP contribution in [0.3, 0.4) is 0 Å². The van der Waals surface area contributed by atoms with E-state index in [0.717, 1.165) is 19.6 Å². The fourth-order valence-corrected chi connectivity index (χ4v) is 0.951. The monoisotopic (exact) mass is 182 g/mol. The quantitative estimate of drug-likeness (QED) is 0.492. The molecule has 0 amide bonds. The molecule has 0 rings (SSSR count). The number of hydrogen-bond donors (Lipinski definition) is 1. The topological polar surface area (TPSA) is 15.3 Å². The van der Waals surface area contributed by atoms with Gasteiger partial charge in [0.1, 0.15) is 0 Å². The van der Waals surface area contributed by atoms with Gasteiger partial charge in [-0.2, -0.15) is 0 Å². The average molecular weight is 182 g/mol. The molecule has 0 radical (unpaired) electrons. The summed E-state index contributed by atoms with van der Waals surface area (Å²) in [6.07, 6.45) is 1.19. The Morgan fingerprint density at radius 3 is 2.62 bits per heavy atom. The van der Waals surface area contributed by atoms with E-state index in [0.29, 0.717) is 6.04 Å². The van der Waals surface area contributed by atoms with E-state index in [1.54, 1.807) is 0 Å². The van der Waals surface area contributed by atoms with Gasteiger partial charge in [-0.15, -0.1) is 5.92 Å². The van der Waals surface area contributed by atoms with Crippen molar-refractivity contribution in [3.63, 3.8) is 0 Å². The molecule has 0 spiro atoms. The minimum atomic E-state index is 0.649. The van der Waals surface area contributed by atoms with Crippen molar-refractivity contribution in [2.24, 2.45) is 0 Å². The van der Waals surface area contributed by atoms with Crippen LogP contribution in [0.4, 0.5) is 0 Å². The minimum absolute atomic E-state index is 0.649. The molecule has 0 saturated heterocycles. The summed E-state index contributed by atoms with van der Waals surface area (Å²) in [5, 5.41) is 3.28. The Balaban J connectivity index is 3.19. The van der Waals surface area contributed by atoms with Crippen LogP contribution in [0.1, 0.15) is 27.2 Å². The first kappa shape index (κ1) is 12.5. The highest BCUT2D eigenvalue weighted by atomic mass is 15.1. The minimum Gasteiger partial charge on any atom is -0.306 e. The number of nitrogens with one attached hydrogen (secondary N) is 1. The summed E-state index contributed by atoms with van der Waals surface area (Å²) >= 11 is 0. The lowest BCUT2D eigenvalue weighted by atomic mass is 10.3. The molecule has 0 aromatic carbocycles. The van der Waals surface area contributed by atoms with Crippen LogP contribution in [-0.2, 0) is 0 Å². The van der Waals surface area contributed by atoms with Gasteiger partial charge in [0.2, 0.25) is 0 Å². The maximum absolute atomic E-state index is 3.28. The van der Waals surface area contributed by atoms with Gasteiger partial charge in [-0.25, -0.2) is 0 Å². The second-order valence-electron chi connectivity index (χ2n) is 3.53. The molecule has 13 heavy (non-hydrogen) atoms. The van der Waals surface area contributed by atoms with Crippen molar-refractivity contribution < 1.29 is 0 Å². The van der Waals surface area contributed by atoms with Crippen molar-refractivity contribution in [1.82, 2.24) is 10.2 Å². The molecule has 2 heteroatoms.